The van der Waals surface area contributed by atoms with Crippen LogP contribution in [0, 0.1) is 0 Å². The molecule has 0 aliphatic heterocycles. The molecule has 3 aromatic rings. The molecular formula is C19H22N4O2. The summed E-state index contributed by atoms with van der Waals surface area (Å²) >= 11 is 0. The number of H-pyrrole nitrogens is 1. The molecule has 0 bridgehead atoms. The average Bonchev–Trinajstić information content (AvgIpc) is 3.01. The van der Waals surface area contributed by atoms with Crippen molar-refractivity contribution >= 4 is 33.7 Å². The molecule has 0 atom stereocenters. The smallest absolute Gasteiger partial charge is 0.338 e. The van der Waals surface area contributed by atoms with Gasteiger partial charge in [-0.1, -0.05) is 19.3 Å². The van der Waals surface area contributed by atoms with Crippen molar-refractivity contribution in [1.82, 2.24) is 15.0 Å². The molecule has 0 saturated heterocycles. The number of rotatable bonds is 4. The highest BCUT2D eigenvalue weighted by Gasteiger charge is 2.18. The first-order valence-electron chi connectivity index (χ1n) is 8.96. The molecule has 0 unspecified atom stereocenters. The van der Waals surface area contributed by atoms with E-state index in [1.54, 1.807) is 12.4 Å². The zero-order chi connectivity index (χ0) is 17.2. The van der Waals surface area contributed by atoms with E-state index in [9.17, 15) is 4.79 Å². The second-order valence-electron chi connectivity index (χ2n) is 6.53. The number of carbonyl (C=O) groups is 1. The van der Waals surface area contributed by atoms with Gasteiger partial charge >= 0.3 is 5.97 Å². The number of nitrogens with one attached hydrogen (secondary N) is 2. The first kappa shape index (κ1) is 15.9. The van der Waals surface area contributed by atoms with Gasteiger partial charge in [-0.2, -0.15) is 0 Å². The van der Waals surface area contributed by atoms with Gasteiger partial charge < -0.3 is 15.0 Å². The van der Waals surface area contributed by atoms with Crippen LogP contribution in [0.15, 0.2) is 24.5 Å². The zero-order valence-electron chi connectivity index (χ0n) is 14.3. The Kier molecular flexibility index (Phi) is 4.26. The summed E-state index contributed by atoms with van der Waals surface area (Å²) in [5.41, 5.74) is 2.27. The number of nitrogens with zero attached hydrogens (tertiary/aromatic N) is 2. The monoisotopic (exact) mass is 338 g/mol. The van der Waals surface area contributed by atoms with Crippen molar-refractivity contribution in [1.29, 1.82) is 0 Å². The number of anilines is 1. The number of fused-ring (bicyclic) bond motifs is 3. The third-order valence-electron chi connectivity index (χ3n) is 4.85. The molecule has 1 aliphatic carbocycles. The van der Waals surface area contributed by atoms with E-state index in [0.29, 0.717) is 18.2 Å². The van der Waals surface area contributed by atoms with Crippen molar-refractivity contribution < 1.29 is 9.53 Å². The normalized spacial score (nSPS) is 15.6. The zero-order valence-corrected chi connectivity index (χ0v) is 14.3. The maximum Gasteiger partial charge on any atom is 0.338 e. The maximum absolute atomic E-state index is 12.1. The first-order valence-corrected chi connectivity index (χ1v) is 8.96. The Hall–Kier alpha value is -2.63. The molecule has 1 fully saturated rings. The summed E-state index contributed by atoms with van der Waals surface area (Å²) in [6.07, 6.45) is 7.74. The largest absolute Gasteiger partial charge is 0.462 e. The van der Waals surface area contributed by atoms with Crippen LogP contribution in [-0.4, -0.2) is 33.6 Å². The van der Waals surface area contributed by atoms with Crippen molar-refractivity contribution in [2.24, 2.45) is 0 Å². The van der Waals surface area contributed by atoms with Gasteiger partial charge in [0.1, 0.15) is 17.8 Å². The van der Waals surface area contributed by atoms with Crippen LogP contribution in [0.25, 0.3) is 21.9 Å². The summed E-state index contributed by atoms with van der Waals surface area (Å²) in [5.74, 6) is 0.529. The topological polar surface area (TPSA) is 79.9 Å². The second kappa shape index (κ2) is 6.70. The fourth-order valence-corrected chi connectivity index (χ4v) is 3.61. The quantitative estimate of drug-likeness (QED) is 0.702. The Morgan fingerprint density at radius 3 is 2.92 bits per heavy atom. The Bertz CT molecular complexity index is 912. The van der Waals surface area contributed by atoms with Crippen molar-refractivity contribution in [2.45, 2.75) is 45.1 Å². The molecule has 130 valence electrons. The molecule has 2 heterocycles. The number of aromatic amines is 1. The number of ether oxygens (including phenoxy) is 1. The van der Waals surface area contributed by atoms with Crippen molar-refractivity contribution in [3.05, 3.63) is 30.1 Å². The van der Waals surface area contributed by atoms with E-state index in [1.165, 1.54) is 32.1 Å². The van der Waals surface area contributed by atoms with Crippen LogP contribution in [-0.2, 0) is 4.74 Å². The summed E-state index contributed by atoms with van der Waals surface area (Å²) in [6, 6.07) is 5.98. The number of aromatic nitrogens is 3. The van der Waals surface area contributed by atoms with Gasteiger partial charge in [-0.15, -0.1) is 0 Å². The minimum absolute atomic E-state index is 0.308. The number of hydrogen-bond donors (Lipinski definition) is 2. The number of carbonyl (C=O) groups excluding carboxylic acids is 1. The van der Waals surface area contributed by atoms with Gasteiger partial charge in [0.05, 0.1) is 17.6 Å². The summed E-state index contributed by atoms with van der Waals surface area (Å²) in [7, 11) is 0. The van der Waals surface area contributed by atoms with Gasteiger partial charge in [-0.3, -0.25) is 0 Å². The molecule has 1 saturated carbocycles. The van der Waals surface area contributed by atoms with Crippen LogP contribution in [0.3, 0.4) is 0 Å². The van der Waals surface area contributed by atoms with Crippen molar-refractivity contribution in [3.63, 3.8) is 0 Å². The highest BCUT2D eigenvalue weighted by molar-refractivity contribution is 6.12. The molecule has 0 amide bonds. The fraction of sp³-hybridized carbons (Fsp3) is 0.421. The lowest BCUT2D eigenvalue weighted by Gasteiger charge is -2.23. The summed E-state index contributed by atoms with van der Waals surface area (Å²) in [4.78, 5) is 24.2. The highest BCUT2D eigenvalue weighted by atomic mass is 16.5. The predicted molar refractivity (Wildman–Crippen MR) is 97.8 cm³/mol. The minimum atomic E-state index is -0.308. The van der Waals surface area contributed by atoms with E-state index in [0.717, 1.165) is 27.8 Å². The van der Waals surface area contributed by atoms with Crippen LogP contribution < -0.4 is 5.32 Å². The molecule has 0 radical (unpaired) electrons. The van der Waals surface area contributed by atoms with Gasteiger partial charge in [0.25, 0.3) is 0 Å². The van der Waals surface area contributed by atoms with E-state index < -0.39 is 0 Å². The minimum Gasteiger partial charge on any atom is -0.462 e. The van der Waals surface area contributed by atoms with E-state index in [1.807, 2.05) is 19.1 Å². The molecule has 1 aliphatic rings. The Balaban J connectivity index is 1.78. The third-order valence-corrected chi connectivity index (χ3v) is 4.85. The van der Waals surface area contributed by atoms with Gasteiger partial charge in [-0.05, 0) is 38.0 Å². The first-order chi connectivity index (χ1) is 12.3. The third kappa shape index (κ3) is 3.04. The van der Waals surface area contributed by atoms with Gasteiger partial charge in [0.15, 0.2) is 0 Å². The van der Waals surface area contributed by atoms with E-state index in [4.69, 9.17) is 4.74 Å². The molecule has 2 N–H and O–H groups in total. The molecule has 0 spiro atoms. The van der Waals surface area contributed by atoms with Crippen molar-refractivity contribution in [3.8, 4) is 0 Å². The van der Waals surface area contributed by atoms with Gasteiger partial charge in [-0.25, -0.2) is 14.8 Å². The number of hydrogen-bond acceptors (Lipinski definition) is 5. The van der Waals surface area contributed by atoms with Gasteiger partial charge in [0, 0.05) is 16.9 Å². The van der Waals surface area contributed by atoms with Crippen LogP contribution in [0.5, 0.6) is 0 Å². The highest BCUT2D eigenvalue weighted by Crippen LogP contribution is 2.31. The Labute approximate surface area is 146 Å². The lowest BCUT2D eigenvalue weighted by molar-refractivity contribution is 0.0526. The molecule has 25 heavy (non-hydrogen) atoms. The SMILES string of the molecule is CCOC(=O)c1ccc2[nH]c3ncnc(NC4CCCCC4)c3c2c1. The standard InChI is InChI=1S/C19H22N4O2/c1-2-25-19(24)12-8-9-15-14(10-12)16-17(20-11-21-18(16)23-15)22-13-6-4-3-5-7-13/h8-11,13H,2-7H2,1H3,(H2,20,21,22,23). The van der Waals surface area contributed by atoms with Crippen LogP contribution in [0.1, 0.15) is 49.4 Å². The predicted octanol–water partition coefficient (Wildman–Crippen LogP) is 4.03. The molecular weight excluding hydrogens is 316 g/mol. The average molecular weight is 338 g/mol. The van der Waals surface area contributed by atoms with Crippen LogP contribution in [0.2, 0.25) is 0 Å². The van der Waals surface area contributed by atoms with Crippen LogP contribution >= 0.6 is 0 Å². The lowest BCUT2D eigenvalue weighted by Crippen LogP contribution is -2.22. The summed E-state index contributed by atoms with van der Waals surface area (Å²) in [6.45, 7) is 2.17. The van der Waals surface area contributed by atoms with Crippen LogP contribution in [0.4, 0.5) is 5.82 Å². The number of benzene rings is 1. The molecule has 6 nitrogen and oxygen atoms in total. The molecule has 1 aromatic carbocycles. The Morgan fingerprint density at radius 2 is 2.12 bits per heavy atom. The maximum atomic E-state index is 12.1. The summed E-state index contributed by atoms with van der Waals surface area (Å²) < 4.78 is 5.12. The molecule has 2 aromatic heterocycles. The second-order valence-corrected chi connectivity index (χ2v) is 6.53. The van der Waals surface area contributed by atoms with Crippen molar-refractivity contribution in [2.75, 3.05) is 11.9 Å². The van der Waals surface area contributed by atoms with E-state index >= 15 is 0 Å². The molecule has 4 rings (SSSR count). The van der Waals surface area contributed by atoms with E-state index in [2.05, 4.69) is 20.3 Å². The molecule has 6 heteroatoms. The van der Waals surface area contributed by atoms with E-state index in [-0.39, 0.29) is 5.97 Å². The number of esters is 1. The Morgan fingerprint density at radius 1 is 1.28 bits per heavy atom. The van der Waals surface area contributed by atoms with Gasteiger partial charge in [0.2, 0.25) is 0 Å². The fourth-order valence-electron chi connectivity index (χ4n) is 3.61. The summed E-state index contributed by atoms with van der Waals surface area (Å²) in [5, 5.41) is 5.47. The lowest BCUT2D eigenvalue weighted by atomic mass is 9.95.